The van der Waals surface area contributed by atoms with E-state index >= 15 is 0 Å². The summed E-state index contributed by atoms with van der Waals surface area (Å²) in [5, 5.41) is 0. The van der Waals surface area contributed by atoms with E-state index in [1.54, 1.807) is 4.31 Å². The molecule has 0 N–H and O–H groups in total. The SMILES string of the molecule is CS(=O)(=O)N1CCC2(CC1)CO[C@@H](Cc1ccccn1)C2. The Morgan fingerprint density at radius 3 is 2.76 bits per heavy atom. The van der Waals surface area contributed by atoms with Crippen molar-refractivity contribution in [2.24, 2.45) is 5.41 Å². The first-order valence-electron chi connectivity index (χ1n) is 7.44. The van der Waals surface area contributed by atoms with Gasteiger partial charge in [-0.15, -0.1) is 0 Å². The molecule has 2 aliphatic heterocycles. The zero-order valence-electron chi connectivity index (χ0n) is 12.4. The van der Waals surface area contributed by atoms with Crippen molar-refractivity contribution in [2.45, 2.75) is 31.8 Å². The number of pyridine rings is 1. The molecule has 1 aromatic heterocycles. The molecule has 2 fully saturated rings. The van der Waals surface area contributed by atoms with E-state index in [-0.39, 0.29) is 11.5 Å². The van der Waals surface area contributed by atoms with E-state index in [2.05, 4.69) is 4.98 Å². The maximum absolute atomic E-state index is 11.6. The summed E-state index contributed by atoms with van der Waals surface area (Å²) < 4.78 is 30.7. The highest BCUT2D eigenvalue weighted by atomic mass is 32.2. The van der Waals surface area contributed by atoms with Gasteiger partial charge in [0.05, 0.1) is 19.0 Å². The number of rotatable bonds is 3. The molecular formula is C15H22N2O3S. The van der Waals surface area contributed by atoms with Gasteiger partial charge in [-0.25, -0.2) is 12.7 Å². The van der Waals surface area contributed by atoms with E-state index in [1.165, 1.54) is 6.26 Å². The standard InChI is InChI=1S/C15H22N2O3S/c1-21(18,19)17-8-5-15(6-9-17)11-14(20-12-15)10-13-4-2-3-7-16-13/h2-4,7,14H,5-6,8-12H2,1H3/t14-/m0/s1. The molecule has 0 bridgehead atoms. The molecule has 1 spiro atoms. The molecule has 0 amide bonds. The molecule has 1 atom stereocenters. The molecule has 3 heterocycles. The van der Waals surface area contributed by atoms with Gasteiger partial charge in [-0.3, -0.25) is 4.98 Å². The van der Waals surface area contributed by atoms with Gasteiger partial charge < -0.3 is 4.74 Å². The van der Waals surface area contributed by atoms with Crippen LogP contribution >= 0.6 is 0 Å². The molecule has 6 heteroatoms. The third kappa shape index (κ3) is 3.44. The fourth-order valence-electron chi connectivity index (χ4n) is 3.42. The molecule has 5 nitrogen and oxygen atoms in total. The highest BCUT2D eigenvalue weighted by Gasteiger charge is 2.43. The molecule has 2 saturated heterocycles. The van der Waals surface area contributed by atoms with Crippen molar-refractivity contribution < 1.29 is 13.2 Å². The molecule has 1 aromatic rings. The van der Waals surface area contributed by atoms with Crippen molar-refractivity contribution in [3.63, 3.8) is 0 Å². The average Bonchev–Trinajstić information content (AvgIpc) is 2.82. The minimum absolute atomic E-state index is 0.167. The van der Waals surface area contributed by atoms with Crippen molar-refractivity contribution in [1.82, 2.24) is 9.29 Å². The average molecular weight is 310 g/mol. The Morgan fingerprint density at radius 1 is 1.38 bits per heavy atom. The Balaban J connectivity index is 1.58. The molecule has 2 aliphatic rings. The summed E-state index contributed by atoms with van der Waals surface area (Å²) in [5.74, 6) is 0. The molecule has 21 heavy (non-hydrogen) atoms. The summed E-state index contributed by atoms with van der Waals surface area (Å²) in [4.78, 5) is 4.35. The Kier molecular flexibility index (Phi) is 4.03. The summed E-state index contributed by atoms with van der Waals surface area (Å²) in [6, 6.07) is 5.94. The lowest BCUT2D eigenvalue weighted by Crippen LogP contribution is -2.43. The van der Waals surface area contributed by atoms with Crippen LogP contribution < -0.4 is 0 Å². The third-order valence-electron chi connectivity index (χ3n) is 4.70. The minimum Gasteiger partial charge on any atom is -0.377 e. The second-order valence-electron chi connectivity index (χ2n) is 6.32. The van der Waals surface area contributed by atoms with Crippen molar-refractivity contribution in [3.05, 3.63) is 30.1 Å². The largest absolute Gasteiger partial charge is 0.377 e. The predicted octanol–water partition coefficient (Wildman–Crippen LogP) is 1.45. The normalized spacial score (nSPS) is 26.2. The Bertz CT molecular complexity index is 580. The van der Waals surface area contributed by atoms with Gasteiger partial charge in [-0.05, 0) is 36.8 Å². The smallest absolute Gasteiger partial charge is 0.211 e. The molecule has 0 saturated carbocycles. The van der Waals surface area contributed by atoms with Gasteiger partial charge in [0.15, 0.2) is 0 Å². The van der Waals surface area contributed by atoms with Crippen LogP contribution in [-0.2, 0) is 21.2 Å². The van der Waals surface area contributed by atoms with Crippen LogP contribution in [0.2, 0.25) is 0 Å². The van der Waals surface area contributed by atoms with E-state index in [4.69, 9.17) is 4.74 Å². The molecule has 0 aliphatic carbocycles. The topological polar surface area (TPSA) is 59.5 Å². The third-order valence-corrected chi connectivity index (χ3v) is 6.00. The van der Waals surface area contributed by atoms with E-state index in [1.807, 2.05) is 24.4 Å². The van der Waals surface area contributed by atoms with Gasteiger partial charge in [0.25, 0.3) is 0 Å². The highest BCUT2D eigenvalue weighted by molar-refractivity contribution is 7.88. The molecule has 0 aromatic carbocycles. The van der Waals surface area contributed by atoms with Crippen molar-refractivity contribution in [2.75, 3.05) is 26.0 Å². The minimum atomic E-state index is -3.05. The summed E-state index contributed by atoms with van der Waals surface area (Å²) in [6.07, 6.45) is 6.98. The van der Waals surface area contributed by atoms with E-state index < -0.39 is 10.0 Å². The Hall–Kier alpha value is -0.980. The van der Waals surface area contributed by atoms with Crippen LogP contribution in [0.1, 0.15) is 25.0 Å². The van der Waals surface area contributed by atoms with Crippen molar-refractivity contribution in [1.29, 1.82) is 0 Å². The fourth-order valence-corrected chi connectivity index (χ4v) is 4.27. The maximum Gasteiger partial charge on any atom is 0.211 e. The molecule has 0 radical (unpaired) electrons. The monoisotopic (exact) mass is 310 g/mol. The summed E-state index contributed by atoms with van der Waals surface area (Å²) in [5.41, 5.74) is 1.23. The van der Waals surface area contributed by atoms with Crippen LogP contribution in [0.5, 0.6) is 0 Å². The molecule has 116 valence electrons. The lowest BCUT2D eigenvalue weighted by Gasteiger charge is -2.37. The zero-order valence-corrected chi connectivity index (χ0v) is 13.2. The number of piperidine rings is 1. The van der Waals surface area contributed by atoms with Gasteiger partial charge >= 0.3 is 0 Å². The van der Waals surface area contributed by atoms with Gasteiger partial charge in [-0.1, -0.05) is 6.07 Å². The fraction of sp³-hybridized carbons (Fsp3) is 0.667. The van der Waals surface area contributed by atoms with Crippen LogP contribution in [0, 0.1) is 5.41 Å². The first-order chi connectivity index (χ1) is 9.97. The second-order valence-corrected chi connectivity index (χ2v) is 8.31. The number of hydrogen-bond donors (Lipinski definition) is 0. The predicted molar refractivity (Wildman–Crippen MR) is 80.4 cm³/mol. The quantitative estimate of drug-likeness (QED) is 0.848. The van der Waals surface area contributed by atoms with Crippen LogP contribution in [0.4, 0.5) is 0 Å². The summed E-state index contributed by atoms with van der Waals surface area (Å²) >= 11 is 0. The van der Waals surface area contributed by atoms with E-state index in [0.29, 0.717) is 13.1 Å². The number of ether oxygens (including phenoxy) is 1. The first-order valence-corrected chi connectivity index (χ1v) is 9.28. The highest BCUT2D eigenvalue weighted by Crippen LogP contribution is 2.42. The molecule has 0 unspecified atom stereocenters. The van der Waals surface area contributed by atoms with Gasteiger partial charge in [0, 0.05) is 31.4 Å². The zero-order chi connectivity index (χ0) is 14.9. The lowest BCUT2D eigenvalue weighted by atomic mass is 9.77. The Labute approximate surface area is 126 Å². The maximum atomic E-state index is 11.6. The number of hydrogen-bond acceptors (Lipinski definition) is 4. The number of sulfonamides is 1. The summed E-state index contributed by atoms with van der Waals surface area (Å²) in [6.45, 7) is 2.00. The van der Waals surface area contributed by atoms with Crippen LogP contribution in [0.3, 0.4) is 0 Å². The number of aromatic nitrogens is 1. The summed E-state index contributed by atoms with van der Waals surface area (Å²) in [7, 11) is -3.05. The Morgan fingerprint density at radius 2 is 2.14 bits per heavy atom. The van der Waals surface area contributed by atoms with Crippen molar-refractivity contribution in [3.8, 4) is 0 Å². The van der Waals surface area contributed by atoms with E-state index in [0.717, 1.165) is 38.0 Å². The van der Waals surface area contributed by atoms with Crippen molar-refractivity contribution >= 4 is 10.0 Å². The lowest BCUT2D eigenvalue weighted by molar-refractivity contribution is 0.0790. The van der Waals surface area contributed by atoms with Crippen LogP contribution in [0.25, 0.3) is 0 Å². The van der Waals surface area contributed by atoms with Gasteiger partial charge in [-0.2, -0.15) is 0 Å². The van der Waals surface area contributed by atoms with Crippen LogP contribution in [-0.4, -0.2) is 49.8 Å². The van der Waals surface area contributed by atoms with Gasteiger partial charge in [0.2, 0.25) is 10.0 Å². The molecular weight excluding hydrogens is 288 g/mol. The first kappa shape index (κ1) is 14.9. The van der Waals surface area contributed by atoms with E-state index in [9.17, 15) is 8.42 Å². The number of nitrogens with zero attached hydrogens (tertiary/aromatic N) is 2. The van der Waals surface area contributed by atoms with Gasteiger partial charge in [0.1, 0.15) is 0 Å². The molecule has 3 rings (SSSR count). The van der Waals surface area contributed by atoms with Crippen LogP contribution in [0.15, 0.2) is 24.4 Å². The second kappa shape index (κ2) is 5.66.